The molecule has 2 heterocycles. The summed E-state index contributed by atoms with van der Waals surface area (Å²) in [6, 6.07) is 4.53. The molecule has 1 fully saturated rings. The standard InChI is InChI=1S/C13H18N2O2/c1-11(16)10-13(17)15-8-4-12(5-9-15)14-6-2-3-7-14/h2-3,6-7,12H,4-5,8-10H2,1H3. The zero-order valence-electron chi connectivity index (χ0n) is 10.1. The van der Waals surface area contributed by atoms with E-state index < -0.39 is 0 Å². The molecule has 2 rings (SSSR count). The molecule has 1 saturated heterocycles. The topological polar surface area (TPSA) is 42.3 Å². The third-order valence-corrected chi connectivity index (χ3v) is 3.27. The molecule has 1 aliphatic rings. The van der Waals surface area contributed by atoms with Gasteiger partial charge in [0, 0.05) is 31.5 Å². The van der Waals surface area contributed by atoms with Gasteiger partial charge >= 0.3 is 0 Å². The molecule has 0 radical (unpaired) electrons. The Balaban J connectivity index is 1.86. The van der Waals surface area contributed by atoms with E-state index in [1.54, 1.807) is 4.90 Å². The number of amides is 1. The number of carbonyl (C=O) groups excluding carboxylic acids is 2. The summed E-state index contributed by atoms with van der Waals surface area (Å²) in [4.78, 5) is 24.4. The summed E-state index contributed by atoms with van der Waals surface area (Å²) in [5, 5.41) is 0. The van der Waals surface area contributed by atoms with Crippen LogP contribution in [0.15, 0.2) is 24.5 Å². The van der Waals surface area contributed by atoms with Crippen molar-refractivity contribution in [1.29, 1.82) is 0 Å². The number of nitrogens with zero attached hydrogens (tertiary/aromatic N) is 2. The van der Waals surface area contributed by atoms with Crippen molar-refractivity contribution < 1.29 is 9.59 Å². The van der Waals surface area contributed by atoms with Gasteiger partial charge in [0.25, 0.3) is 0 Å². The molecule has 0 N–H and O–H groups in total. The van der Waals surface area contributed by atoms with E-state index in [1.807, 2.05) is 12.1 Å². The van der Waals surface area contributed by atoms with Crippen LogP contribution in [0.2, 0.25) is 0 Å². The first-order valence-corrected chi connectivity index (χ1v) is 6.06. The molecule has 0 atom stereocenters. The highest BCUT2D eigenvalue weighted by molar-refractivity contribution is 5.96. The van der Waals surface area contributed by atoms with Gasteiger partial charge in [-0.3, -0.25) is 9.59 Å². The summed E-state index contributed by atoms with van der Waals surface area (Å²) in [6.07, 6.45) is 6.13. The van der Waals surface area contributed by atoms with Crippen LogP contribution in [-0.4, -0.2) is 34.2 Å². The fourth-order valence-electron chi connectivity index (χ4n) is 2.33. The van der Waals surface area contributed by atoms with Crippen LogP contribution in [0.25, 0.3) is 0 Å². The molecule has 0 unspecified atom stereocenters. The fraction of sp³-hybridized carbons (Fsp3) is 0.538. The molecule has 17 heavy (non-hydrogen) atoms. The Kier molecular flexibility index (Phi) is 3.61. The smallest absolute Gasteiger partial charge is 0.230 e. The summed E-state index contributed by atoms with van der Waals surface area (Å²) in [6.45, 7) is 2.98. The van der Waals surface area contributed by atoms with Gasteiger partial charge < -0.3 is 9.47 Å². The summed E-state index contributed by atoms with van der Waals surface area (Å²) in [7, 11) is 0. The van der Waals surface area contributed by atoms with Gasteiger partial charge in [0.1, 0.15) is 5.78 Å². The molecule has 4 heteroatoms. The Bertz CT molecular complexity index is 390. The van der Waals surface area contributed by atoms with Crippen LogP contribution in [0.1, 0.15) is 32.2 Å². The number of likely N-dealkylation sites (tertiary alicyclic amines) is 1. The molecule has 0 saturated carbocycles. The average Bonchev–Trinajstić information content (AvgIpc) is 2.82. The van der Waals surface area contributed by atoms with Gasteiger partial charge in [0.2, 0.25) is 5.91 Å². The van der Waals surface area contributed by atoms with Gasteiger partial charge in [-0.2, -0.15) is 0 Å². The quantitative estimate of drug-likeness (QED) is 0.746. The van der Waals surface area contributed by atoms with Crippen LogP contribution in [0, 0.1) is 0 Å². The van der Waals surface area contributed by atoms with Crippen molar-refractivity contribution in [2.24, 2.45) is 0 Å². The summed E-state index contributed by atoms with van der Waals surface area (Å²) in [5.74, 6) is -0.0778. The van der Waals surface area contributed by atoms with Gasteiger partial charge in [-0.05, 0) is 31.9 Å². The van der Waals surface area contributed by atoms with Crippen molar-refractivity contribution in [2.75, 3.05) is 13.1 Å². The van der Waals surface area contributed by atoms with Crippen LogP contribution in [-0.2, 0) is 9.59 Å². The minimum atomic E-state index is -0.0532. The van der Waals surface area contributed by atoms with Gasteiger partial charge in [-0.1, -0.05) is 0 Å². The van der Waals surface area contributed by atoms with E-state index in [2.05, 4.69) is 17.0 Å². The molecule has 1 aliphatic heterocycles. The van der Waals surface area contributed by atoms with Gasteiger partial charge in [-0.15, -0.1) is 0 Å². The zero-order chi connectivity index (χ0) is 12.3. The van der Waals surface area contributed by atoms with Crippen LogP contribution in [0.5, 0.6) is 0 Å². The SMILES string of the molecule is CC(=O)CC(=O)N1CCC(n2cccc2)CC1. The van der Waals surface area contributed by atoms with Crippen LogP contribution < -0.4 is 0 Å². The third-order valence-electron chi connectivity index (χ3n) is 3.27. The molecular weight excluding hydrogens is 216 g/mol. The number of ketones is 1. The van der Waals surface area contributed by atoms with Crippen molar-refractivity contribution in [3.05, 3.63) is 24.5 Å². The van der Waals surface area contributed by atoms with Crippen molar-refractivity contribution in [3.8, 4) is 0 Å². The lowest BCUT2D eigenvalue weighted by molar-refractivity contribution is -0.135. The fourth-order valence-corrected chi connectivity index (χ4v) is 2.33. The van der Waals surface area contributed by atoms with Gasteiger partial charge in [-0.25, -0.2) is 0 Å². The molecule has 1 aromatic rings. The first-order chi connectivity index (χ1) is 8.16. The monoisotopic (exact) mass is 234 g/mol. The Morgan fingerprint density at radius 1 is 1.18 bits per heavy atom. The molecule has 1 aromatic heterocycles. The largest absolute Gasteiger partial charge is 0.351 e. The van der Waals surface area contributed by atoms with Gasteiger partial charge in [0.15, 0.2) is 0 Å². The summed E-state index contributed by atoms with van der Waals surface area (Å²) >= 11 is 0. The van der Waals surface area contributed by atoms with E-state index in [-0.39, 0.29) is 18.1 Å². The Labute approximate surface area is 101 Å². The van der Waals surface area contributed by atoms with Crippen molar-refractivity contribution in [2.45, 2.75) is 32.2 Å². The van der Waals surface area contributed by atoms with E-state index in [0.717, 1.165) is 25.9 Å². The lowest BCUT2D eigenvalue weighted by atomic mass is 10.0. The van der Waals surface area contributed by atoms with E-state index in [9.17, 15) is 9.59 Å². The molecule has 0 bridgehead atoms. The second-order valence-corrected chi connectivity index (χ2v) is 4.62. The number of hydrogen-bond acceptors (Lipinski definition) is 2. The third kappa shape index (κ3) is 2.96. The predicted octanol–water partition coefficient (Wildman–Crippen LogP) is 1.63. The predicted molar refractivity (Wildman–Crippen MR) is 64.6 cm³/mol. The number of Topliss-reactive ketones (excluding diaryl/α,β-unsaturated/α-hetero) is 1. The Morgan fingerprint density at radius 3 is 2.29 bits per heavy atom. The number of rotatable bonds is 3. The lowest BCUT2D eigenvalue weighted by Crippen LogP contribution is -2.39. The summed E-state index contributed by atoms with van der Waals surface area (Å²) in [5.41, 5.74) is 0. The first kappa shape index (κ1) is 11.9. The Hall–Kier alpha value is -1.58. The van der Waals surface area contributed by atoms with E-state index in [4.69, 9.17) is 0 Å². The molecule has 4 nitrogen and oxygen atoms in total. The first-order valence-electron chi connectivity index (χ1n) is 6.06. The summed E-state index contributed by atoms with van der Waals surface area (Å²) < 4.78 is 2.20. The minimum Gasteiger partial charge on any atom is -0.351 e. The second-order valence-electron chi connectivity index (χ2n) is 4.62. The molecular formula is C13H18N2O2. The molecule has 1 amide bonds. The van der Waals surface area contributed by atoms with Crippen LogP contribution >= 0.6 is 0 Å². The van der Waals surface area contributed by atoms with E-state index in [0.29, 0.717) is 6.04 Å². The second kappa shape index (κ2) is 5.17. The zero-order valence-corrected chi connectivity index (χ0v) is 10.1. The number of carbonyl (C=O) groups is 2. The molecule has 0 aliphatic carbocycles. The normalized spacial score (nSPS) is 17.1. The van der Waals surface area contributed by atoms with E-state index in [1.165, 1.54) is 6.92 Å². The van der Waals surface area contributed by atoms with E-state index >= 15 is 0 Å². The highest BCUT2D eigenvalue weighted by Gasteiger charge is 2.23. The lowest BCUT2D eigenvalue weighted by Gasteiger charge is -2.32. The minimum absolute atomic E-state index is 0.0246. The van der Waals surface area contributed by atoms with Crippen molar-refractivity contribution in [3.63, 3.8) is 0 Å². The molecule has 0 aromatic carbocycles. The molecule has 0 spiro atoms. The highest BCUT2D eigenvalue weighted by Crippen LogP contribution is 2.22. The number of hydrogen-bond donors (Lipinski definition) is 0. The Morgan fingerprint density at radius 2 is 1.76 bits per heavy atom. The molecule has 92 valence electrons. The van der Waals surface area contributed by atoms with Crippen LogP contribution in [0.4, 0.5) is 0 Å². The number of aromatic nitrogens is 1. The highest BCUT2D eigenvalue weighted by atomic mass is 16.2. The maximum atomic E-state index is 11.7. The average molecular weight is 234 g/mol. The maximum Gasteiger partial charge on any atom is 0.230 e. The van der Waals surface area contributed by atoms with Gasteiger partial charge in [0.05, 0.1) is 6.42 Å². The van der Waals surface area contributed by atoms with Crippen molar-refractivity contribution >= 4 is 11.7 Å². The number of piperidine rings is 1. The maximum absolute atomic E-state index is 11.7. The van der Waals surface area contributed by atoms with Crippen LogP contribution in [0.3, 0.4) is 0 Å². The van der Waals surface area contributed by atoms with Crippen molar-refractivity contribution in [1.82, 2.24) is 9.47 Å².